The van der Waals surface area contributed by atoms with Crippen molar-refractivity contribution in [2.24, 2.45) is 0 Å². The van der Waals surface area contributed by atoms with E-state index in [1.165, 1.54) is 0 Å². The minimum Gasteiger partial charge on any atom is -0.373 e. The maximum Gasteiger partial charge on any atom is 0.157 e. The molecular formula is C11H16Cl2N2O. The second kappa shape index (κ2) is 7.05. The SMILES string of the molecule is CCCOCc1nc(Cl)c(CCC)c(Cl)n1. The molecule has 90 valence electrons. The topological polar surface area (TPSA) is 35.0 Å². The van der Waals surface area contributed by atoms with Crippen LogP contribution in [0.5, 0.6) is 0 Å². The van der Waals surface area contributed by atoms with Crippen LogP contribution in [0.1, 0.15) is 38.1 Å². The molecule has 0 N–H and O–H groups in total. The van der Waals surface area contributed by atoms with Crippen molar-refractivity contribution in [1.29, 1.82) is 0 Å². The molecule has 0 saturated heterocycles. The van der Waals surface area contributed by atoms with Crippen LogP contribution in [0.15, 0.2) is 0 Å². The Morgan fingerprint density at radius 3 is 2.19 bits per heavy atom. The highest BCUT2D eigenvalue weighted by molar-refractivity contribution is 6.34. The summed E-state index contributed by atoms with van der Waals surface area (Å²) in [5.41, 5.74) is 0.824. The van der Waals surface area contributed by atoms with Gasteiger partial charge in [0, 0.05) is 12.2 Å². The van der Waals surface area contributed by atoms with Crippen LogP contribution in [0.3, 0.4) is 0 Å². The zero-order valence-electron chi connectivity index (χ0n) is 9.59. The van der Waals surface area contributed by atoms with Crippen molar-refractivity contribution >= 4 is 23.2 Å². The molecule has 1 heterocycles. The minimum absolute atomic E-state index is 0.361. The van der Waals surface area contributed by atoms with E-state index in [4.69, 9.17) is 27.9 Å². The minimum atomic E-state index is 0.361. The van der Waals surface area contributed by atoms with Crippen LogP contribution in [0.2, 0.25) is 10.3 Å². The quantitative estimate of drug-likeness (QED) is 0.580. The largest absolute Gasteiger partial charge is 0.373 e. The van der Waals surface area contributed by atoms with Crippen molar-refractivity contribution in [2.45, 2.75) is 39.7 Å². The molecule has 1 aromatic rings. The Kier molecular flexibility index (Phi) is 6.03. The molecule has 0 aromatic carbocycles. The predicted octanol–water partition coefficient (Wildman–Crippen LogP) is 3.66. The lowest BCUT2D eigenvalue weighted by Gasteiger charge is -2.07. The standard InChI is InChI=1S/C11H16Cl2N2O/c1-3-5-8-10(12)14-9(15-11(8)13)7-16-6-4-2/h3-7H2,1-2H3. The summed E-state index contributed by atoms with van der Waals surface area (Å²) in [7, 11) is 0. The molecule has 16 heavy (non-hydrogen) atoms. The van der Waals surface area contributed by atoms with Gasteiger partial charge in [-0.2, -0.15) is 0 Å². The van der Waals surface area contributed by atoms with E-state index in [9.17, 15) is 0 Å². The lowest BCUT2D eigenvalue weighted by molar-refractivity contribution is 0.116. The Hall–Kier alpha value is -0.380. The first-order valence-electron chi connectivity index (χ1n) is 5.47. The molecular weight excluding hydrogens is 247 g/mol. The highest BCUT2D eigenvalue weighted by atomic mass is 35.5. The highest BCUT2D eigenvalue weighted by Gasteiger charge is 2.10. The lowest BCUT2D eigenvalue weighted by atomic mass is 10.2. The zero-order chi connectivity index (χ0) is 12.0. The number of ether oxygens (including phenoxy) is 1. The molecule has 0 atom stereocenters. The third-order valence-corrected chi connectivity index (χ3v) is 2.66. The van der Waals surface area contributed by atoms with E-state index < -0.39 is 0 Å². The van der Waals surface area contributed by atoms with Crippen molar-refractivity contribution in [3.8, 4) is 0 Å². The van der Waals surface area contributed by atoms with Crippen molar-refractivity contribution in [3.63, 3.8) is 0 Å². The summed E-state index contributed by atoms with van der Waals surface area (Å²) in [5, 5.41) is 0.883. The zero-order valence-corrected chi connectivity index (χ0v) is 11.1. The fraction of sp³-hybridized carbons (Fsp3) is 0.636. The molecule has 0 aliphatic rings. The Balaban J connectivity index is 2.75. The van der Waals surface area contributed by atoms with E-state index in [1.807, 2.05) is 6.92 Å². The first-order valence-corrected chi connectivity index (χ1v) is 6.23. The van der Waals surface area contributed by atoms with Gasteiger partial charge in [0.15, 0.2) is 5.82 Å². The summed E-state index contributed by atoms with van der Waals surface area (Å²) in [4.78, 5) is 8.34. The number of hydrogen-bond donors (Lipinski definition) is 0. The second-order valence-corrected chi connectivity index (χ2v) is 4.22. The highest BCUT2D eigenvalue weighted by Crippen LogP contribution is 2.22. The Morgan fingerprint density at radius 2 is 1.69 bits per heavy atom. The molecule has 0 aliphatic carbocycles. The van der Waals surface area contributed by atoms with Crippen LogP contribution >= 0.6 is 23.2 Å². The molecule has 0 bridgehead atoms. The number of rotatable bonds is 6. The molecule has 3 nitrogen and oxygen atoms in total. The molecule has 0 aliphatic heterocycles. The molecule has 0 spiro atoms. The number of aromatic nitrogens is 2. The van der Waals surface area contributed by atoms with Gasteiger partial charge < -0.3 is 4.74 Å². The molecule has 1 aromatic heterocycles. The second-order valence-electron chi connectivity index (χ2n) is 3.50. The van der Waals surface area contributed by atoms with Crippen LogP contribution < -0.4 is 0 Å². The van der Waals surface area contributed by atoms with Gasteiger partial charge in [-0.25, -0.2) is 9.97 Å². The van der Waals surface area contributed by atoms with Gasteiger partial charge in [0.05, 0.1) is 0 Å². The summed E-state index contributed by atoms with van der Waals surface area (Å²) >= 11 is 12.1. The molecule has 5 heteroatoms. The molecule has 1 rings (SSSR count). The smallest absolute Gasteiger partial charge is 0.157 e. The van der Waals surface area contributed by atoms with Gasteiger partial charge in [-0.3, -0.25) is 0 Å². The predicted molar refractivity (Wildman–Crippen MR) is 66.0 cm³/mol. The Bertz CT molecular complexity index is 322. The maximum absolute atomic E-state index is 6.04. The van der Waals surface area contributed by atoms with E-state index >= 15 is 0 Å². The van der Waals surface area contributed by atoms with Gasteiger partial charge in [0.25, 0.3) is 0 Å². The van der Waals surface area contributed by atoms with Gasteiger partial charge in [-0.05, 0) is 12.8 Å². The van der Waals surface area contributed by atoms with Crippen molar-refractivity contribution in [3.05, 3.63) is 21.7 Å². The average molecular weight is 263 g/mol. The van der Waals surface area contributed by atoms with Crippen LogP contribution in [0.25, 0.3) is 0 Å². The van der Waals surface area contributed by atoms with Gasteiger partial charge in [-0.1, -0.05) is 43.5 Å². The summed E-state index contributed by atoms with van der Waals surface area (Å²) in [5.74, 6) is 0.545. The summed E-state index contributed by atoms with van der Waals surface area (Å²) in [6, 6.07) is 0. The monoisotopic (exact) mass is 262 g/mol. The molecule has 0 saturated carbocycles. The third kappa shape index (κ3) is 3.89. The van der Waals surface area contributed by atoms with Gasteiger partial charge in [0.1, 0.15) is 16.9 Å². The average Bonchev–Trinajstić information content (AvgIpc) is 2.24. The first kappa shape index (κ1) is 13.7. The molecule has 0 fully saturated rings. The van der Waals surface area contributed by atoms with Crippen molar-refractivity contribution in [1.82, 2.24) is 9.97 Å². The third-order valence-electron chi connectivity index (χ3n) is 2.03. The van der Waals surface area contributed by atoms with E-state index in [0.29, 0.717) is 29.3 Å². The maximum atomic E-state index is 6.04. The van der Waals surface area contributed by atoms with Gasteiger partial charge in [-0.15, -0.1) is 0 Å². The number of halogens is 2. The van der Waals surface area contributed by atoms with Gasteiger partial charge >= 0.3 is 0 Å². The van der Waals surface area contributed by atoms with Crippen LogP contribution in [-0.2, 0) is 17.8 Å². The first-order chi connectivity index (χ1) is 7.69. The summed E-state index contributed by atoms with van der Waals surface area (Å²) in [6.45, 7) is 5.16. The van der Waals surface area contributed by atoms with E-state index in [0.717, 1.165) is 24.8 Å². The van der Waals surface area contributed by atoms with Crippen molar-refractivity contribution in [2.75, 3.05) is 6.61 Å². The fourth-order valence-electron chi connectivity index (χ4n) is 1.30. The lowest BCUT2D eigenvalue weighted by Crippen LogP contribution is -2.03. The number of hydrogen-bond acceptors (Lipinski definition) is 3. The molecule has 0 radical (unpaired) electrons. The number of nitrogens with zero attached hydrogens (tertiary/aromatic N) is 2. The van der Waals surface area contributed by atoms with Crippen molar-refractivity contribution < 1.29 is 4.74 Å². The molecule has 0 unspecified atom stereocenters. The van der Waals surface area contributed by atoms with Gasteiger partial charge in [0.2, 0.25) is 0 Å². The van der Waals surface area contributed by atoms with Crippen LogP contribution in [0.4, 0.5) is 0 Å². The summed E-state index contributed by atoms with van der Waals surface area (Å²) in [6.07, 6.45) is 2.73. The van der Waals surface area contributed by atoms with E-state index in [2.05, 4.69) is 16.9 Å². The Morgan fingerprint density at radius 1 is 1.06 bits per heavy atom. The summed E-state index contributed by atoms with van der Waals surface area (Å²) < 4.78 is 5.34. The fourth-order valence-corrected chi connectivity index (χ4v) is 1.91. The van der Waals surface area contributed by atoms with Crippen LogP contribution in [0, 0.1) is 0 Å². The van der Waals surface area contributed by atoms with E-state index in [-0.39, 0.29) is 0 Å². The molecule has 0 amide bonds. The van der Waals surface area contributed by atoms with E-state index in [1.54, 1.807) is 0 Å². The Labute approximate surface area is 106 Å². The normalized spacial score (nSPS) is 10.8. The van der Waals surface area contributed by atoms with Crippen LogP contribution in [-0.4, -0.2) is 16.6 Å².